The van der Waals surface area contributed by atoms with Gasteiger partial charge in [-0.05, 0) is 30.5 Å². The number of halogens is 2. The predicted molar refractivity (Wildman–Crippen MR) is 99.9 cm³/mol. The molecule has 2 rings (SSSR count). The molecule has 0 aliphatic heterocycles. The first-order valence-electron chi connectivity index (χ1n) is 7.23. The minimum atomic E-state index is -0.127. The van der Waals surface area contributed by atoms with Gasteiger partial charge in [0.1, 0.15) is 5.75 Å². The number of carbonyl (C=O) groups is 1. The van der Waals surface area contributed by atoms with E-state index in [1.54, 1.807) is 0 Å². The van der Waals surface area contributed by atoms with E-state index in [2.05, 4.69) is 40.1 Å². The number of amides is 1. The Kier molecular flexibility index (Phi) is 6.87. The van der Waals surface area contributed by atoms with Crippen LogP contribution in [0.25, 0.3) is 11.3 Å². The molecular weight excluding hydrogens is 400 g/mol. The van der Waals surface area contributed by atoms with E-state index < -0.39 is 0 Å². The third kappa shape index (κ3) is 5.48. The Balaban J connectivity index is 2.06. The van der Waals surface area contributed by atoms with Gasteiger partial charge >= 0.3 is 0 Å². The Morgan fingerprint density at radius 3 is 2.91 bits per heavy atom. The van der Waals surface area contributed by atoms with Gasteiger partial charge < -0.3 is 10.1 Å². The third-order valence-corrected chi connectivity index (χ3v) is 4.61. The van der Waals surface area contributed by atoms with Gasteiger partial charge in [0, 0.05) is 10.9 Å². The van der Waals surface area contributed by atoms with Gasteiger partial charge in [-0.3, -0.25) is 4.79 Å². The standard InChI is InChI=1S/C16H18BrClN2O2S/c1-10(2)5-6-22-14-4-3-11(7-12(14)18)13-9-23-16(19-13)20-15(21)8-17/h3-4,7,9-10H,5-6,8H2,1-2H3,(H,19,20,21). The molecule has 1 N–H and O–H groups in total. The Bertz CT molecular complexity index is 676. The highest BCUT2D eigenvalue weighted by Gasteiger charge is 2.10. The summed E-state index contributed by atoms with van der Waals surface area (Å²) in [6.07, 6.45) is 0.987. The van der Waals surface area contributed by atoms with Gasteiger partial charge in [-0.25, -0.2) is 4.98 Å². The molecule has 1 heterocycles. The number of ether oxygens (including phenoxy) is 1. The number of hydrogen-bond acceptors (Lipinski definition) is 4. The number of carbonyl (C=O) groups excluding carboxylic acids is 1. The van der Waals surface area contributed by atoms with Crippen molar-refractivity contribution in [2.75, 3.05) is 17.3 Å². The maximum atomic E-state index is 11.3. The van der Waals surface area contributed by atoms with Gasteiger partial charge in [0.2, 0.25) is 5.91 Å². The molecule has 1 aromatic carbocycles. The molecule has 0 aliphatic carbocycles. The van der Waals surface area contributed by atoms with Crippen LogP contribution < -0.4 is 10.1 Å². The van der Waals surface area contributed by atoms with Gasteiger partial charge in [-0.1, -0.05) is 41.4 Å². The molecule has 0 atom stereocenters. The highest BCUT2D eigenvalue weighted by Crippen LogP contribution is 2.32. The molecule has 2 aromatic rings. The van der Waals surface area contributed by atoms with Gasteiger partial charge in [-0.15, -0.1) is 11.3 Å². The lowest BCUT2D eigenvalue weighted by Gasteiger charge is -2.10. The monoisotopic (exact) mass is 416 g/mol. The largest absolute Gasteiger partial charge is 0.492 e. The molecule has 0 aliphatic rings. The van der Waals surface area contributed by atoms with Crippen molar-refractivity contribution >= 4 is 49.9 Å². The lowest BCUT2D eigenvalue weighted by atomic mass is 10.1. The Morgan fingerprint density at radius 1 is 1.48 bits per heavy atom. The van der Waals surface area contributed by atoms with Crippen molar-refractivity contribution in [2.24, 2.45) is 5.92 Å². The summed E-state index contributed by atoms with van der Waals surface area (Å²) in [5, 5.41) is 5.97. The van der Waals surface area contributed by atoms with Crippen LogP contribution in [0.2, 0.25) is 5.02 Å². The van der Waals surface area contributed by atoms with Crippen LogP contribution in [0.4, 0.5) is 5.13 Å². The first kappa shape index (κ1) is 18.2. The van der Waals surface area contributed by atoms with Crippen LogP contribution >= 0.6 is 38.9 Å². The highest BCUT2D eigenvalue weighted by molar-refractivity contribution is 9.09. The van der Waals surface area contributed by atoms with Crippen LogP contribution in [0.3, 0.4) is 0 Å². The van der Waals surface area contributed by atoms with E-state index in [-0.39, 0.29) is 11.2 Å². The highest BCUT2D eigenvalue weighted by atomic mass is 79.9. The number of rotatable bonds is 7. The lowest BCUT2D eigenvalue weighted by Crippen LogP contribution is -2.11. The fraction of sp³-hybridized carbons (Fsp3) is 0.375. The molecule has 0 saturated carbocycles. The quantitative estimate of drug-likeness (QED) is 0.628. The van der Waals surface area contributed by atoms with Crippen LogP contribution in [0.5, 0.6) is 5.75 Å². The molecule has 23 heavy (non-hydrogen) atoms. The number of anilines is 1. The van der Waals surface area contributed by atoms with Crippen LogP contribution in [0.1, 0.15) is 20.3 Å². The summed E-state index contributed by atoms with van der Waals surface area (Å²) < 4.78 is 5.70. The average molecular weight is 418 g/mol. The average Bonchev–Trinajstić information content (AvgIpc) is 2.96. The van der Waals surface area contributed by atoms with Gasteiger partial charge in [0.25, 0.3) is 0 Å². The summed E-state index contributed by atoms with van der Waals surface area (Å²) in [4.78, 5) is 15.7. The maximum Gasteiger partial charge on any atom is 0.236 e. The molecule has 4 nitrogen and oxygen atoms in total. The van der Waals surface area contributed by atoms with Crippen LogP contribution in [0, 0.1) is 5.92 Å². The van der Waals surface area contributed by atoms with Gasteiger partial charge in [0.15, 0.2) is 5.13 Å². The second kappa shape index (κ2) is 8.66. The molecule has 0 spiro atoms. The normalized spacial score (nSPS) is 10.8. The van der Waals surface area contributed by atoms with E-state index in [0.29, 0.717) is 28.4 Å². The molecule has 0 fully saturated rings. The number of thiazole rings is 1. The molecule has 0 unspecified atom stereocenters. The Morgan fingerprint density at radius 2 is 2.26 bits per heavy atom. The molecule has 0 radical (unpaired) electrons. The lowest BCUT2D eigenvalue weighted by molar-refractivity contribution is -0.113. The van der Waals surface area contributed by atoms with E-state index in [9.17, 15) is 4.79 Å². The summed E-state index contributed by atoms with van der Waals surface area (Å²) in [6, 6.07) is 5.60. The minimum Gasteiger partial charge on any atom is -0.492 e. The van der Waals surface area contributed by atoms with Gasteiger partial charge in [-0.2, -0.15) is 0 Å². The van der Waals surface area contributed by atoms with Crippen molar-refractivity contribution in [3.63, 3.8) is 0 Å². The second-order valence-electron chi connectivity index (χ2n) is 5.40. The van der Waals surface area contributed by atoms with E-state index in [4.69, 9.17) is 16.3 Å². The zero-order valence-corrected chi connectivity index (χ0v) is 16.1. The summed E-state index contributed by atoms with van der Waals surface area (Å²) in [6.45, 7) is 4.96. The molecule has 124 valence electrons. The van der Waals surface area contributed by atoms with E-state index in [0.717, 1.165) is 17.7 Å². The summed E-state index contributed by atoms with van der Waals surface area (Å²) in [7, 11) is 0. The molecular formula is C16H18BrClN2O2S. The molecule has 7 heteroatoms. The van der Waals surface area contributed by atoms with Crippen molar-refractivity contribution in [1.29, 1.82) is 0 Å². The van der Waals surface area contributed by atoms with Gasteiger partial charge in [0.05, 0.1) is 22.7 Å². The van der Waals surface area contributed by atoms with Crippen molar-refractivity contribution in [2.45, 2.75) is 20.3 Å². The summed E-state index contributed by atoms with van der Waals surface area (Å²) in [5.41, 5.74) is 1.66. The fourth-order valence-electron chi connectivity index (χ4n) is 1.80. The number of nitrogens with one attached hydrogen (secondary N) is 1. The van der Waals surface area contributed by atoms with E-state index in [1.807, 2.05) is 23.6 Å². The first-order valence-corrected chi connectivity index (χ1v) is 9.61. The minimum absolute atomic E-state index is 0.127. The summed E-state index contributed by atoms with van der Waals surface area (Å²) in [5.74, 6) is 1.15. The molecule has 1 amide bonds. The summed E-state index contributed by atoms with van der Waals surface area (Å²) >= 11 is 10.8. The number of aromatic nitrogens is 1. The Hall–Kier alpha value is -1.11. The van der Waals surface area contributed by atoms with Crippen LogP contribution in [-0.4, -0.2) is 22.8 Å². The van der Waals surface area contributed by atoms with Crippen molar-refractivity contribution in [3.8, 4) is 17.0 Å². The second-order valence-corrected chi connectivity index (χ2v) is 7.22. The first-order chi connectivity index (χ1) is 11.0. The van der Waals surface area contributed by atoms with E-state index >= 15 is 0 Å². The smallest absolute Gasteiger partial charge is 0.236 e. The van der Waals surface area contributed by atoms with E-state index in [1.165, 1.54) is 11.3 Å². The molecule has 0 saturated heterocycles. The fourth-order valence-corrected chi connectivity index (χ4v) is 2.91. The van der Waals surface area contributed by atoms with Crippen molar-refractivity contribution in [1.82, 2.24) is 4.98 Å². The van der Waals surface area contributed by atoms with Crippen molar-refractivity contribution in [3.05, 3.63) is 28.6 Å². The number of alkyl halides is 1. The zero-order valence-electron chi connectivity index (χ0n) is 12.9. The Labute approximate surface area is 153 Å². The third-order valence-electron chi connectivity index (χ3n) is 3.05. The number of benzene rings is 1. The SMILES string of the molecule is CC(C)CCOc1ccc(-c2csc(NC(=O)CBr)n2)cc1Cl. The maximum absolute atomic E-state index is 11.3. The molecule has 0 bridgehead atoms. The predicted octanol–water partition coefficient (Wildman–Crippen LogP) is 5.22. The number of hydrogen-bond donors (Lipinski definition) is 1. The zero-order chi connectivity index (χ0) is 16.8. The van der Waals surface area contributed by atoms with Crippen LogP contribution in [-0.2, 0) is 4.79 Å². The van der Waals surface area contributed by atoms with Crippen LogP contribution in [0.15, 0.2) is 23.6 Å². The number of nitrogens with zero attached hydrogens (tertiary/aromatic N) is 1. The topological polar surface area (TPSA) is 51.2 Å². The molecule has 1 aromatic heterocycles. The van der Waals surface area contributed by atoms with Crippen molar-refractivity contribution < 1.29 is 9.53 Å².